The topological polar surface area (TPSA) is 109 Å². The van der Waals surface area contributed by atoms with Gasteiger partial charge in [0.1, 0.15) is 11.3 Å². The van der Waals surface area contributed by atoms with Crippen molar-refractivity contribution < 1.29 is 19.8 Å². The number of hydrogen-bond donors (Lipinski definition) is 3. The quantitative estimate of drug-likeness (QED) is 0.350. The van der Waals surface area contributed by atoms with Crippen molar-refractivity contribution in [3.63, 3.8) is 0 Å². The first-order chi connectivity index (χ1) is 16.7. The second-order valence-corrected chi connectivity index (χ2v) is 10.2. The Hall–Kier alpha value is -2.51. The van der Waals surface area contributed by atoms with Gasteiger partial charge in [-0.05, 0) is 74.1 Å². The van der Waals surface area contributed by atoms with Crippen LogP contribution < -0.4 is 10.7 Å². The fourth-order valence-corrected chi connectivity index (χ4v) is 5.06. The fourth-order valence-electron chi connectivity index (χ4n) is 5.06. The van der Waals surface area contributed by atoms with E-state index in [0.29, 0.717) is 30.7 Å². The second-order valence-electron chi connectivity index (χ2n) is 10.2. The van der Waals surface area contributed by atoms with Gasteiger partial charge in [-0.3, -0.25) is 9.59 Å². The SMILES string of the molecule is CCC(O)CC(C)C(C)CC(=O)CCNCCCc1cc2c3c(c1)c(=O)c(C(=O)O)cn3CCC2. The van der Waals surface area contributed by atoms with E-state index >= 15 is 0 Å². The van der Waals surface area contributed by atoms with E-state index in [2.05, 4.69) is 25.2 Å². The van der Waals surface area contributed by atoms with Gasteiger partial charge < -0.3 is 20.1 Å². The average Bonchev–Trinajstić information content (AvgIpc) is 2.82. The maximum Gasteiger partial charge on any atom is 0.341 e. The zero-order chi connectivity index (χ0) is 25.5. The number of nitrogens with zero attached hydrogens (tertiary/aromatic N) is 1. The van der Waals surface area contributed by atoms with Crippen LogP contribution in [-0.2, 0) is 24.2 Å². The number of aryl methyl sites for hydroxylation is 3. The molecule has 0 saturated carbocycles. The Kier molecular flexibility index (Phi) is 9.63. The molecule has 3 N–H and O–H groups in total. The van der Waals surface area contributed by atoms with E-state index in [0.717, 1.165) is 68.3 Å². The van der Waals surface area contributed by atoms with Crippen molar-refractivity contribution in [2.75, 3.05) is 13.1 Å². The number of pyridine rings is 1. The van der Waals surface area contributed by atoms with Crippen molar-refractivity contribution in [2.45, 2.75) is 84.8 Å². The van der Waals surface area contributed by atoms with Gasteiger partial charge >= 0.3 is 5.97 Å². The molecule has 35 heavy (non-hydrogen) atoms. The first-order valence-corrected chi connectivity index (χ1v) is 13.0. The number of aliphatic hydroxyl groups is 1. The molecule has 0 aliphatic carbocycles. The number of aromatic carboxylic acids is 1. The molecule has 0 fully saturated rings. The van der Waals surface area contributed by atoms with Gasteiger partial charge in [-0.1, -0.05) is 26.8 Å². The molecule has 2 heterocycles. The lowest BCUT2D eigenvalue weighted by molar-refractivity contribution is -0.120. The number of aliphatic hydroxyl groups excluding tert-OH is 1. The molecule has 1 aromatic carbocycles. The van der Waals surface area contributed by atoms with Gasteiger partial charge in [0.2, 0.25) is 5.43 Å². The summed E-state index contributed by atoms with van der Waals surface area (Å²) in [6.07, 6.45) is 7.22. The predicted molar refractivity (Wildman–Crippen MR) is 138 cm³/mol. The highest BCUT2D eigenvalue weighted by Crippen LogP contribution is 2.26. The van der Waals surface area contributed by atoms with E-state index in [1.165, 1.54) is 6.20 Å². The number of hydrogen-bond acceptors (Lipinski definition) is 5. The Morgan fingerprint density at radius 1 is 1.17 bits per heavy atom. The van der Waals surface area contributed by atoms with E-state index in [4.69, 9.17) is 0 Å². The highest BCUT2D eigenvalue weighted by Gasteiger charge is 2.20. The zero-order valence-corrected chi connectivity index (χ0v) is 21.3. The number of Topliss-reactive ketones (excluding diaryl/α,β-unsaturated/α-hetero) is 1. The highest BCUT2D eigenvalue weighted by molar-refractivity contribution is 5.93. The van der Waals surface area contributed by atoms with Gasteiger partial charge in [-0.25, -0.2) is 4.79 Å². The second kappa shape index (κ2) is 12.5. The molecule has 1 aromatic heterocycles. The number of nitrogens with one attached hydrogen (secondary N) is 1. The van der Waals surface area contributed by atoms with Gasteiger partial charge in [0.05, 0.1) is 11.6 Å². The van der Waals surface area contributed by atoms with Crippen LogP contribution in [0.3, 0.4) is 0 Å². The average molecular weight is 485 g/mol. The lowest BCUT2D eigenvalue weighted by Gasteiger charge is -2.21. The summed E-state index contributed by atoms with van der Waals surface area (Å²) in [6, 6.07) is 4.01. The van der Waals surface area contributed by atoms with Crippen LogP contribution in [0.5, 0.6) is 0 Å². The van der Waals surface area contributed by atoms with E-state index in [1.54, 1.807) is 0 Å². The van der Waals surface area contributed by atoms with Crippen LogP contribution in [0, 0.1) is 11.8 Å². The zero-order valence-electron chi connectivity index (χ0n) is 21.3. The molecule has 7 nitrogen and oxygen atoms in total. The van der Waals surface area contributed by atoms with E-state index in [9.17, 15) is 24.6 Å². The Bertz CT molecular complexity index is 1110. The Morgan fingerprint density at radius 3 is 2.66 bits per heavy atom. The summed E-state index contributed by atoms with van der Waals surface area (Å²) in [5, 5.41) is 23.1. The molecule has 0 spiro atoms. The standard InChI is InChI=1S/C28H40N2O5/c1-4-22(31)13-18(2)19(3)14-23(32)9-11-29-10-5-7-20-15-21-8-6-12-30-17-25(28(34)35)27(33)24(16-20)26(21)30/h15-19,22,29,31H,4-14H2,1-3H3,(H,34,35). The van der Waals surface area contributed by atoms with Crippen LogP contribution >= 0.6 is 0 Å². The molecule has 3 unspecified atom stereocenters. The minimum absolute atomic E-state index is 0.168. The monoisotopic (exact) mass is 484 g/mol. The number of carbonyl (C=O) groups excluding carboxylic acids is 1. The first kappa shape index (κ1) is 27.1. The summed E-state index contributed by atoms with van der Waals surface area (Å²) in [7, 11) is 0. The smallest absolute Gasteiger partial charge is 0.341 e. The third-order valence-electron chi connectivity index (χ3n) is 7.42. The van der Waals surface area contributed by atoms with Gasteiger partial charge in [-0.15, -0.1) is 0 Å². The van der Waals surface area contributed by atoms with Gasteiger partial charge in [0.25, 0.3) is 0 Å². The minimum Gasteiger partial charge on any atom is -0.477 e. The van der Waals surface area contributed by atoms with Crippen molar-refractivity contribution >= 4 is 22.7 Å². The molecule has 0 saturated heterocycles. The Morgan fingerprint density at radius 2 is 1.94 bits per heavy atom. The highest BCUT2D eigenvalue weighted by atomic mass is 16.4. The molecule has 0 amide bonds. The van der Waals surface area contributed by atoms with E-state index in [-0.39, 0.29) is 23.4 Å². The van der Waals surface area contributed by atoms with Crippen LogP contribution in [0.15, 0.2) is 23.1 Å². The molecule has 0 bridgehead atoms. The first-order valence-electron chi connectivity index (χ1n) is 13.0. The molecule has 3 rings (SSSR count). The van der Waals surface area contributed by atoms with Crippen LogP contribution in [0.1, 0.15) is 80.8 Å². The van der Waals surface area contributed by atoms with Crippen molar-refractivity contribution in [3.8, 4) is 0 Å². The molecule has 2 aromatic rings. The van der Waals surface area contributed by atoms with Crippen molar-refractivity contribution in [2.24, 2.45) is 11.8 Å². The third-order valence-corrected chi connectivity index (χ3v) is 7.42. The Balaban J connectivity index is 1.48. The minimum atomic E-state index is -1.18. The van der Waals surface area contributed by atoms with Crippen molar-refractivity contribution in [3.05, 3.63) is 45.2 Å². The van der Waals surface area contributed by atoms with Gasteiger partial charge in [-0.2, -0.15) is 0 Å². The fraction of sp³-hybridized carbons (Fsp3) is 0.607. The van der Waals surface area contributed by atoms with Crippen LogP contribution in [0.25, 0.3) is 10.9 Å². The maximum atomic E-state index is 12.8. The third kappa shape index (κ3) is 7.01. The largest absolute Gasteiger partial charge is 0.477 e. The van der Waals surface area contributed by atoms with E-state index < -0.39 is 11.4 Å². The van der Waals surface area contributed by atoms with Crippen LogP contribution in [0.4, 0.5) is 0 Å². The summed E-state index contributed by atoms with van der Waals surface area (Å²) in [5.74, 6) is -0.338. The number of carbonyl (C=O) groups is 2. The molecular formula is C28H40N2O5. The number of aromatic nitrogens is 1. The molecule has 7 heteroatoms. The van der Waals surface area contributed by atoms with Crippen molar-refractivity contribution in [1.82, 2.24) is 9.88 Å². The normalized spacial score (nSPS) is 15.7. The molecule has 1 aliphatic rings. The summed E-state index contributed by atoms with van der Waals surface area (Å²) >= 11 is 0. The molecule has 1 aliphatic heterocycles. The number of benzene rings is 1. The maximum absolute atomic E-state index is 12.8. The van der Waals surface area contributed by atoms with E-state index in [1.807, 2.05) is 17.6 Å². The number of carboxylic acids is 1. The lowest BCUT2D eigenvalue weighted by Crippen LogP contribution is -2.23. The summed E-state index contributed by atoms with van der Waals surface area (Å²) in [6.45, 7) is 8.31. The summed E-state index contributed by atoms with van der Waals surface area (Å²) < 4.78 is 1.91. The molecule has 0 radical (unpaired) electrons. The van der Waals surface area contributed by atoms with Gasteiger partial charge in [0, 0.05) is 37.5 Å². The van der Waals surface area contributed by atoms with Crippen molar-refractivity contribution in [1.29, 1.82) is 0 Å². The summed E-state index contributed by atoms with van der Waals surface area (Å²) in [4.78, 5) is 36.6. The van der Waals surface area contributed by atoms with Crippen LogP contribution in [0.2, 0.25) is 0 Å². The molecule has 3 atom stereocenters. The Labute approximate surface area is 207 Å². The van der Waals surface area contributed by atoms with Crippen LogP contribution in [-0.4, -0.2) is 45.7 Å². The van der Waals surface area contributed by atoms with Gasteiger partial charge in [0.15, 0.2) is 0 Å². The number of carboxylic acid groups (broad SMARTS) is 1. The molecular weight excluding hydrogens is 444 g/mol. The molecule has 192 valence electrons. The predicted octanol–water partition coefficient (Wildman–Crippen LogP) is 3.95. The lowest BCUT2D eigenvalue weighted by atomic mass is 9.86. The summed E-state index contributed by atoms with van der Waals surface area (Å²) in [5.41, 5.74) is 2.47. The number of ketones is 1. The number of rotatable bonds is 14.